The van der Waals surface area contributed by atoms with Crippen molar-refractivity contribution in [2.75, 3.05) is 5.32 Å². The normalized spacial score (nSPS) is 10.9. The fourth-order valence-electron chi connectivity index (χ4n) is 3.16. The number of anilines is 1. The van der Waals surface area contributed by atoms with E-state index in [2.05, 4.69) is 15.4 Å². The molecule has 2 aromatic carbocycles. The molecule has 0 saturated carbocycles. The summed E-state index contributed by atoms with van der Waals surface area (Å²) in [6, 6.07) is 12.9. The van der Waals surface area contributed by atoms with Crippen LogP contribution < -0.4 is 10.9 Å². The summed E-state index contributed by atoms with van der Waals surface area (Å²) in [4.78, 5) is 29.7. The standard InChI is InChI=1S/C22H18ClFN4O2S/c1-13-18(9-10-20(29)25-17-4-2-3-15(23)11-17)21(30)28(27-13)22-26-19(12-31-22)14-5-7-16(24)8-6-14/h2-8,11-12,27H,9-10H2,1H3,(H,25,29). The number of thiazole rings is 1. The SMILES string of the molecule is Cc1[nH]n(-c2nc(-c3ccc(F)cc3)cs2)c(=O)c1CCC(=O)Nc1cccc(Cl)c1. The average Bonchev–Trinajstić information content (AvgIpc) is 3.32. The number of amides is 1. The average molecular weight is 457 g/mol. The number of carbonyl (C=O) groups is 1. The Labute approximate surface area is 186 Å². The van der Waals surface area contributed by atoms with Gasteiger partial charge in [-0.15, -0.1) is 11.3 Å². The molecule has 31 heavy (non-hydrogen) atoms. The number of rotatable bonds is 6. The van der Waals surface area contributed by atoms with Crippen LogP contribution >= 0.6 is 22.9 Å². The lowest BCUT2D eigenvalue weighted by Gasteiger charge is -2.05. The van der Waals surface area contributed by atoms with Crippen LogP contribution in [0.4, 0.5) is 10.1 Å². The lowest BCUT2D eigenvalue weighted by Crippen LogP contribution is -2.19. The van der Waals surface area contributed by atoms with Crippen molar-refractivity contribution in [2.24, 2.45) is 0 Å². The topological polar surface area (TPSA) is 79.8 Å². The zero-order valence-electron chi connectivity index (χ0n) is 16.5. The van der Waals surface area contributed by atoms with Gasteiger partial charge < -0.3 is 5.32 Å². The van der Waals surface area contributed by atoms with E-state index in [9.17, 15) is 14.0 Å². The molecule has 0 unspecified atom stereocenters. The number of benzene rings is 2. The number of hydrogen-bond donors (Lipinski definition) is 2. The van der Waals surface area contributed by atoms with Gasteiger partial charge in [0.1, 0.15) is 5.82 Å². The minimum Gasteiger partial charge on any atom is -0.326 e. The summed E-state index contributed by atoms with van der Waals surface area (Å²) in [7, 11) is 0. The van der Waals surface area contributed by atoms with Gasteiger partial charge in [-0.05, 0) is 55.8 Å². The lowest BCUT2D eigenvalue weighted by molar-refractivity contribution is -0.116. The van der Waals surface area contributed by atoms with Crippen molar-refractivity contribution >= 4 is 34.5 Å². The van der Waals surface area contributed by atoms with Crippen molar-refractivity contribution in [2.45, 2.75) is 19.8 Å². The summed E-state index contributed by atoms with van der Waals surface area (Å²) in [6.45, 7) is 1.79. The predicted molar refractivity (Wildman–Crippen MR) is 121 cm³/mol. The molecule has 2 aromatic heterocycles. The number of aryl methyl sites for hydroxylation is 1. The summed E-state index contributed by atoms with van der Waals surface area (Å²) < 4.78 is 14.5. The molecule has 0 aliphatic rings. The fourth-order valence-corrected chi connectivity index (χ4v) is 4.14. The van der Waals surface area contributed by atoms with E-state index in [0.29, 0.717) is 32.8 Å². The van der Waals surface area contributed by atoms with E-state index in [4.69, 9.17) is 11.6 Å². The number of nitrogens with zero attached hydrogens (tertiary/aromatic N) is 2. The van der Waals surface area contributed by atoms with Crippen molar-refractivity contribution in [3.8, 4) is 16.4 Å². The van der Waals surface area contributed by atoms with Gasteiger partial charge >= 0.3 is 0 Å². The molecule has 0 aliphatic carbocycles. The van der Waals surface area contributed by atoms with E-state index in [1.165, 1.54) is 28.2 Å². The Morgan fingerprint density at radius 2 is 2.03 bits per heavy atom. The van der Waals surface area contributed by atoms with Gasteiger partial charge in [0, 0.05) is 39.3 Å². The molecule has 4 rings (SSSR count). The third-order valence-electron chi connectivity index (χ3n) is 4.73. The molecule has 9 heteroatoms. The van der Waals surface area contributed by atoms with Crippen LogP contribution in [-0.4, -0.2) is 20.7 Å². The minimum absolute atomic E-state index is 0.152. The van der Waals surface area contributed by atoms with Gasteiger partial charge in [0.2, 0.25) is 11.0 Å². The number of halogens is 2. The fraction of sp³-hybridized carbons (Fsp3) is 0.136. The highest BCUT2D eigenvalue weighted by Gasteiger charge is 2.16. The summed E-state index contributed by atoms with van der Waals surface area (Å²) in [6.07, 6.45) is 0.440. The number of hydrogen-bond acceptors (Lipinski definition) is 4. The summed E-state index contributed by atoms with van der Waals surface area (Å²) in [5.74, 6) is -0.527. The van der Waals surface area contributed by atoms with Crippen molar-refractivity contribution < 1.29 is 9.18 Å². The van der Waals surface area contributed by atoms with Crippen molar-refractivity contribution in [1.82, 2.24) is 14.8 Å². The van der Waals surface area contributed by atoms with Crippen LogP contribution in [0.2, 0.25) is 5.02 Å². The molecule has 0 aliphatic heterocycles. The first-order chi connectivity index (χ1) is 14.9. The quantitative estimate of drug-likeness (QED) is 0.430. The third-order valence-corrected chi connectivity index (χ3v) is 5.79. The molecule has 0 bridgehead atoms. The molecule has 6 nitrogen and oxygen atoms in total. The predicted octanol–water partition coefficient (Wildman–Crippen LogP) is 4.96. The number of carbonyl (C=O) groups excluding carboxylic acids is 1. The zero-order chi connectivity index (χ0) is 22.0. The number of aromatic nitrogens is 3. The number of nitrogens with one attached hydrogen (secondary N) is 2. The maximum atomic E-state index is 13.1. The highest BCUT2D eigenvalue weighted by atomic mass is 35.5. The molecule has 0 saturated heterocycles. The molecule has 4 aromatic rings. The maximum Gasteiger partial charge on any atom is 0.276 e. The van der Waals surface area contributed by atoms with E-state index in [1.807, 2.05) is 5.38 Å². The molecule has 2 N–H and O–H groups in total. The van der Waals surface area contributed by atoms with Crippen LogP contribution in [0.3, 0.4) is 0 Å². The maximum absolute atomic E-state index is 13.1. The van der Waals surface area contributed by atoms with Crippen LogP contribution in [0.25, 0.3) is 16.4 Å². The molecule has 2 heterocycles. The van der Waals surface area contributed by atoms with Crippen LogP contribution in [0, 0.1) is 12.7 Å². The van der Waals surface area contributed by atoms with E-state index >= 15 is 0 Å². The summed E-state index contributed by atoms with van der Waals surface area (Å²) >= 11 is 7.23. The smallest absolute Gasteiger partial charge is 0.276 e. The number of aromatic amines is 1. The Balaban J connectivity index is 1.48. The first-order valence-electron chi connectivity index (χ1n) is 9.48. The Bertz CT molecular complexity index is 1290. The molecule has 0 radical (unpaired) electrons. The monoisotopic (exact) mass is 456 g/mol. The van der Waals surface area contributed by atoms with Gasteiger partial charge in [-0.25, -0.2) is 9.37 Å². The van der Waals surface area contributed by atoms with Crippen LogP contribution in [0.5, 0.6) is 0 Å². The highest BCUT2D eigenvalue weighted by Crippen LogP contribution is 2.24. The second kappa shape index (κ2) is 8.87. The second-order valence-corrected chi connectivity index (χ2v) is 8.21. The van der Waals surface area contributed by atoms with Crippen molar-refractivity contribution in [3.05, 3.63) is 86.4 Å². The van der Waals surface area contributed by atoms with E-state index < -0.39 is 0 Å². The van der Waals surface area contributed by atoms with Gasteiger partial charge in [-0.1, -0.05) is 17.7 Å². The molecule has 0 atom stereocenters. The summed E-state index contributed by atoms with van der Waals surface area (Å²) in [5, 5.41) is 8.62. The Morgan fingerprint density at radius 3 is 2.77 bits per heavy atom. The van der Waals surface area contributed by atoms with E-state index in [-0.39, 0.29) is 30.1 Å². The molecule has 0 spiro atoms. The molecule has 1 amide bonds. The first kappa shape index (κ1) is 21.0. The molecule has 0 fully saturated rings. The van der Waals surface area contributed by atoms with Crippen LogP contribution in [0.15, 0.2) is 58.7 Å². The Morgan fingerprint density at radius 1 is 1.26 bits per heavy atom. The Kier molecular flexibility index (Phi) is 6.01. The highest BCUT2D eigenvalue weighted by molar-refractivity contribution is 7.12. The lowest BCUT2D eigenvalue weighted by atomic mass is 10.1. The van der Waals surface area contributed by atoms with Crippen molar-refractivity contribution in [1.29, 1.82) is 0 Å². The van der Waals surface area contributed by atoms with E-state index in [0.717, 1.165) is 5.56 Å². The summed E-state index contributed by atoms with van der Waals surface area (Å²) in [5.41, 5.74) is 2.99. The van der Waals surface area contributed by atoms with Crippen molar-refractivity contribution in [3.63, 3.8) is 0 Å². The van der Waals surface area contributed by atoms with Crippen LogP contribution in [0.1, 0.15) is 17.7 Å². The first-order valence-corrected chi connectivity index (χ1v) is 10.7. The van der Waals surface area contributed by atoms with E-state index in [1.54, 1.807) is 43.3 Å². The number of H-pyrrole nitrogens is 1. The van der Waals surface area contributed by atoms with Gasteiger partial charge in [0.05, 0.1) is 5.69 Å². The molecular weight excluding hydrogens is 439 g/mol. The molecule has 158 valence electrons. The zero-order valence-corrected chi connectivity index (χ0v) is 18.1. The molecular formula is C22H18ClFN4O2S. The van der Waals surface area contributed by atoms with Gasteiger partial charge in [0.25, 0.3) is 5.56 Å². The van der Waals surface area contributed by atoms with Gasteiger partial charge in [0.15, 0.2) is 0 Å². The second-order valence-electron chi connectivity index (χ2n) is 6.94. The van der Waals surface area contributed by atoms with Gasteiger partial charge in [-0.2, -0.15) is 4.68 Å². The third kappa shape index (κ3) is 4.76. The van der Waals surface area contributed by atoms with Crippen LogP contribution in [-0.2, 0) is 11.2 Å². The van der Waals surface area contributed by atoms with Gasteiger partial charge in [-0.3, -0.25) is 14.7 Å². The minimum atomic E-state index is -0.320. The largest absolute Gasteiger partial charge is 0.326 e. The Hall–Kier alpha value is -3.23.